The lowest BCUT2D eigenvalue weighted by atomic mass is 10.2. The van der Waals surface area contributed by atoms with Crippen molar-refractivity contribution < 1.29 is 4.74 Å². The maximum absolute atomic E-state index is 5.20. The third kappa shape index (κ3) is 19.4. The van der Waals surface area contributed by atoms with Gasteiger partial charge in [0.05, 0.1) is 19.6 Å². The zero-order valence-corrected chi connectivity index (χ0v) is 18.2. The predicted octanol–water partition coefficient (Wildman–Crippen LogP) is 5.54. The summed E-state index contributed by atoms with van der Waals surface area (Å²) in [5.74, 6) is 0. The molecule has 0 aliphatic rings. The molecule has 0 aliphatic carbocycles. The normalized spacial score (nSPS) is 13.1. The highest BCUT2D eigenvalue weighted by atomic mass is 32.1. The number of ether oxygens (including phenoxy) is 1. The summed E-state index contributed by atoms with van der Waals surface area (Å²) >= 11 is 5.20. The summed E-state index contributed by atoms with van der Waals surface area (Å²) in [6, 6.07) is 0. The Morgan fingerprint density at radius 3 is 2.43 bits per heavy atom. The van der Waals surface area contributed by atoms with E-state index in [9.17, 15) is 0 Å². The zero-order chi connectivity index (χ0) is 21.5. The van der Waals surface area contributed by atoms with E-state index in [1.54, 1.807) is 25.7 Å². The Balaban J connectivity index is 0. The second-order valence-electron chi connectivity index (χ2n) is 5.03. The van der Waals surface area contributed by atoms with Crippen LogP contribution in [-0.4, -0.2) is 25.0 Å². The van der Waals surface area contributed by atoms with E-state index in [1.165, 1.54) is 0 Å². The Labute approximate surface area is 176 Å². The molecule has 4 nitrogen and oxygen atoms in total. The van der Waals surface area contributed by atoms with E-state index >= 15 is 0 Å². The van der Waals surface area contributed by atoms with Crippen LogP contribution >= 0.6 is 12.2 Å². The summed E-state index contributed by atoms with van der Waals surface area (Å²) < 4.78 is 4.80. The van der Waals surface area contributed by atoms with Crippen LogP contribution in [0.4, 0.5) is 0 Å². The molecule has 0 fully saturated rings. The number of nitrogens with zero attached hydrogens (tertiary/aromatic N) is 1. The van der Waals surface area contributed by atoms with Crippen molar-refractivity contribution in [2.24, 2.45) is 5.10 Å². The van der Waals surface area contributed by atoms with Gasteiger partial charge in [-0.25, -0.2) is 0 Å². The number of thiocarbonyl (C=S) groups is 1. The summed E-state index contributed by atoms with van der Waals surface area (Å²) in [5, 5.41) is 7.66. The molecule has 152 valence electrons. The Hall–Kier alpha value is -2.92. The molecule has 5 heteroatoms. The molecule has 0 unspecified atom stereocenters. The lowest BCUT2D eigenvalue weighted by Gasteiger charge is -2.04. The second kappa shape index (κ2) is 22.1. The van der Waals surface area contributed by atoms with Crippen molar-refractivity contribution in [2.45, 2.75) is 20.8 Å². The highest BCUT2D eigenvalue weighted by molar-refractivity contribution is 7.80. The van der Waals surface area contributed by atoms with Crippen LogP contribution in [0, 0.1) is 0 Å². The van der Waals surface area contributed by atoms with Crippen LogP contribution in [0.25, 0.3) is 0 Å². The van der Waals surface area contributed by atoms with Gasteiger partial charge in [-0.2, -0.15) is 5.10 Å². The van der Waals surface area contributed by atoms with Crippen molar-refractivity contribution >= 4 is 23.5 Å². The first-order valence-electron chi connectivity index (χ1n) is 8.86. The average Bonchev–Trinajstić information content (AvgIpc) is 2.69. The smallest absolute Gasteiger partial charge is 0.187 e. The second-order valence-corrected chi connectivity index (χ2v) is 5.44. The van der Waals surface area contributed by atoms with Gasteiger partial charge in [-0.05, 0) is 50.2 Å². The summed E-state index contributed by atoms with van der Waals surface area (Å²) in [6.07, 6.45) is 25.0. The minimum Gasteiger partial charge on any atom is -0.504 e. The van der Waals surface area contributed by atoms with E-state index in [1.807, 2.05) is 75.5 Å². The number of methoxy groups -OCH3 is 1. The van der Waals surface area contributed by atoms with E-state index in [0.717, 1.165) is 11.1 Å². The van der Waals surface area contributed by atoms with E-state index in [-0.39, 0.29) is 0 Å². The fourth-order valence-corrected chi connectivity index (χ4v) is 1.73. The van der Waals surface area contributed by atoms with Gasteiger partial charge in [0.1, 0.15) is 0 Å². The molecule has 0 spiro atoms. The molecule has 0 saturated carbocycles. The van der Waals surface area contributed by atoms with Crippen molar-refractivity contribution in [3.8, 4) is 0 Å². The molecule has 28 heavy (non-hydrogen) atoms. The molecule has 0 heterocycles. The van der Waals surface area contributed by atoms with Gasteiger partial charge in [-0.3, -0.25) is 5.43 Å². The van der Waals surface area contributed by atoms with Crippen LogP contribution in [0.15, 0.2) is 103 Å². The van der Waals surface area contributed by atoms with E-state index in [2.05, 4.69) is 35.1 Å². The van der Waals surface area contributed by atoms with Crippen LogP contribution in [0.3, 0.4) is 0 Å². The zero-order valence-electron chi connectivity index (χ0n) is 17.4. The summed E-state index contributed by atoms with van der Waals surface area (Å²) in [7, 11) is 1.61. The minimum absolute atomic E-state index is 0.473. The summed E-state index contributed by atoms with van der Waals surface area (Å²) in [6.45, 7) is 12.5. The largest absolute Gasteiger partial charge is 0.504 e. The first-order chi connectivity index (χ1) is 13.6. The Bertz CT molecular complexity index is 651. The van der Waals surface area contributed by atoms with E-state index < -0.39 is 0 Å². The van der Waals surface area contributed by atoms with Crippen LogP contribution in [0.2, 0.25) is 0 Å². The standard InChI is InChI=1S/C21H29N3OS.C2H4/c1-5-7-9-14-20(12-6-2)15-16-22-21(26)24-23-18-19(3)13-10-8-11-17-25-4;1-2/h5-15,17-18H,16H2,1-4H3,(H2,22,24,26);1-2H2/b7-5-,10-8-,12-6-,14-9-,17-11+,19-13+,20-15+,23-18+;. The predicted molar refractivity (Wildman–Crippen MR) is 129 cm³/mol. The molecular formula is C23H33N3OS. The van der Waals surface area contributed by atoms with Gasteiger partial charge in [0.25, 0.3) is 0 Å². The molecule has 2 N–H and O–H groups in total. The molecule has 0 aliphatic heterocycles. The van der Waals surface area contributed by atoms with Crippen LogP contribution < -0.4 is 10.7 Å². The maximum atomic E-state index is 5.20. The van der Waals surface area contributed by atoms with Crippen LogP contribution in [0.5, 0.6) is 0 Å². The highest BCUT2D eigenvalue weighted by Gasteiger charge is 1.91. The first-order valence-corrected chi connectivity index (χ1v) is 9.26. The van der Waals surface area contributed by atoms with E-state index in [0.29, 0.717) is 11.7 Å². The molecular weight excluding hydrogens is 366 g/mol. The molecule has 0 amide bonds. The molecule has 0 rings (SSSR count). The number of hydrogen-bond donors (Lipinski definition) is 2. The molecule has 0 saturated heterocycles. The molecule has 0 aromatic rings. The number of hydrazone groups is 1. The third-order valence-electron chi connectivity index (χ3n) is 2.78. The number of allylic oxidation sites excluding steroid dienone is 12. The summed E-state index contributed by atoms with van der Waals surface area (Å²) in [4.78, 5) is 0. The topological polar surface area (TPSA) is 45.7 Å². The number of hydrogen-bond acceptors (Lipinski definition) is 3. The van der Waals surface area contributed by atoms with Gasteiger partial charge in [0, 0.05) is 6.54 Å². The fourth-order valence-electron chi connectivity index (χ4n) is 1.59. The lowest BCUT2D eigenvalue weighted by molar-refractivity contribution is 0.338. The highest BCUT2D eigenvalue weighted by Crippen LogP contribution is 1.99. The van der Waals surface area contributed by atoms with Crippen molar-refractivity contribution in [1.29, 1.82) is 0 Å². The van der Waals surface area contributed by atoms with Crippen molar-refractivity contribution in [2.75, 3.05) is 13.7 Å². The van der Waals surface area contributed by atoms with E-state index in [4.69, 9.17) is 17.0 Å². The molecule has 0 atom stereocenters. The van der Waals surface area contributed by atoms with Gasteiger partial charge in [-0.15, -0.1) is 13.2 Å². The van der Waals surface area contributed by atoms with Crippen molar-refractivity contribution in [3.05, 3.63) is 97.4 Å². The number of rotatable bonds is 10. The first kappa shape index (κ1) is 27.3. The quantitative estimate of drug-likeness (QED) is 0.126. The third-order valence-corrected chi connectivity index (χ3v) is 3.02. The maximum Gasteiger partial charge on any atom is 0.187 e. The van der Waals surface area contributed by atoms with Gasteiger partial charge < -0.3 is 10.1 Å². The molecule has 0 radical (unpaired) electrons. The van der Waals surface area contributed by atoms with Crippen molar-refractivity contribution in [3.63, 3.8) is 0 Å². The summed E-state index contributed by atoms with van der Waals surface area (Å²) in [5.41, 5.74) is 4.90. The Kier molecular flexibility index (Phi) is 21.6. The average molecular weight is 400 g/mol. The molecule has 0 bridgehead atoms. The van der Waals surface area contributed by atoms with Crippen molar-refractivity contribution in [1.82, 2.24) is 10.7 Å². The molecule has 0 aromatic heterocycles. The minimum atomic E-state index is 0.473. The SMILES string of the molecule is C=C.C\C=C/C=C\C(\C=C/C)=C\CNC(=S)N/N=C/C(C)=C/C=C\C=C\OC. The van der Waals surface area contributed by atoms with Crippen LogP contribution in [-0.2, 0) is 4.74 Å². The number of nitrogens with one attached hydrogen (secondary N) is 2. The fraction of sp³-hybridized carbons (Fsp3) is 0.217. The Morgan fingerprint density at radius 1 is 1.04 bits per heavy atom. The van der Waals surface area contributed by atoms with Crippen LogP contribution in [0.1, 0.15) is 20.8 Å². The Morgan fingerprint density at radius 2 is 1.79 bits per heavy atom. The monoisotopic (exact) mass is 399 g/mol. The lowest BCUT2D eigenvalue weighted by Crippen LogP contribution is -2.32. The van der Waals surface area contributed by atoms with Gasteiger partial charge in [0.2, 0.25) is 0 Å². The van der Waals surface area contributed by atoms with Gasteiger partial charge >= 0.3 is 0 Å². The van der Waals surface area contributed by atoms with Gasteiger partial charge in [-0.1, -0.05) is 60.8 Å². The molecule has 0 aromatic carbocycles. The van der Waals surface area contributed by atoms with Gasteiger partial charge in [0.15, 0.2) is 5.11 Å².